The molecule has 3 nitrogen and oxygen atoms in total. The smallest absolute Gasteiger partial charge is 0.333 e. The van der Waals surface area contributed by atoms with Crippen molar-refractivity contribution in [3.05, 3.63) is 11.6 Å². The van der Waals surface area contributed by atoms with Gasteiger partial charge in [-0.3, -0.25) is 0 Å². The van der Waals surface area contributed by atoms with Crippen LogP contribution in [0.5, 0.6) is 0 Å². The Labute approximate surface area is 143 Å². The van der Waals surface area contributed by atoms with Crippen LogP contribution < -0.4 is 5.32 Å². The van der Waals surface area contributed by atoms with Crippen LogP contribution in [0, 0.1) is 11.8 Å². The largest absolute Gasteiger partial charge is 0.457 e. The molecular formula is C20H35NO2. The zero-order chi connectivity index (χ0) is 17.7. The van der Waals surface area contributed by atoms with Gasteiger partial charge >= 0.3 is 5.97 Å². The normalized spacial score (nSPS) is 13.2. The number of unbranched alkanes of at least 4 members (excludes halogenated alkanes) is 2. The van der Waals surface area contributed by atoms with Gasteiger partial charge in [0.2, 0.25) is 0 Å². The summed E-state index contributed by atoms with van der Waals surface area (Å²) in [6.45, 7) is 12.6. The Balaban J connectivity index is 3.98. The predicted octanol–water partition coefficient (Wildman–Crippen LogP) is 4.62. The Morgan fingerprint density at radius 2 is 2.00 bits per heavy atom. The van der Waals surface area contributed by atoms with E-state index in [0.717, 1.165) is 45.1 Å². The highest BCUT2D eigenvalue weighted by molar-refractivity contribution is 5.87. The van der Waals surface area contributed by atoms with E-state index in [9.17, 15) is 4.79 Å². The molecule has 0 fully saturated rings. The van der Waals surface area contributed by atoms with Crippen molar-refractivity contribution in [2.45, 2.75) is 91.7 Å². The van der Waals surface area contributed by atoms with Crippen molar-refractivity contribution in [3.8, 4) is 11.8 Å². The number of hydrogen-bond acceptors (Lipinski definition) is 3. The minimum absolute atomic E-state index is 0.209. The van der Waals surface area contributed by atoms with Crippen LogP contribution in [-0.4, -0.2) is 24.2 Å². The molecule has 0 aromatic rings. The number of nitrogens with one attached hydrogen (secondary N) is 1. The number of allylic oxidation sites excluding steroid dienone is 1. The second-order valence-electron chi connectivity index (χ2n) is 6.91. The van der Waals surface area contributed by atoms with Crippen LogP contribution in [0.25, 0.3) is 0 Å². The molecule has 0 unspecified atom stereocenters. The molecule has 132 valence electrons. The zero-order valence-electron chi connectivity index (χ0n) is 15.9. The van der Waals surface area contributed by atoms with Crippen molar-refractivity contribution in [2.75, 3.05) is 6.54 Å². The van der Waals surface area contributed by atoms with Gasteiger partial charge in [0.15, 0.2) is 0 Å². The van der Waals surface area contributed by atoms with E-state index in [1.54, 1.807) is 0 Å². The minimum atomic E-state index is -0.425. The first-order valence-corrected chi connectivity index (χ1v) is 8.83. The maximum absolute atomic E-state index is 11.9. The van der Waals surface area contributed by atoms with E-state index in [2.05, 4.69) is 24.1 Å². The van der Waals surface area contributed by atoms with Crippen LogP contribution in [0.4, 0.5) is 0 Å². The Morgan fingerprint density at radius 3 is 2.57 bits per heavy atom. The number of esters is 1. The fourth-order valence-corrected chi connectivity index (χ4v) is 2.18. The Kier molecular flexibility index (Phi) is 11.5. The lowest BCUT2D eigenvalue weighted by Gasteiger charge is -2.19. The van der Waals surface area contributed by atoms with Crippen molar-refractivity contribution in [3.63, 3.8) is 0 Å². The van der Waals surface area contributed by atoms with Crippen molar-refractivity contribution in [1.29, 1.82) is 0 Å². The number of hydrogen-bond donors (Lipinski definition) is 1. The van der Waals surface area contributed by atoms with Gasteiger partial charge in [-0.2, -0.15) is 0 Å². The van der Waals surface area contributed by atoms with Gasteiger partial charge in [0.05, 0.1) is 0 Å². The Morgan fingerprint density at radius 1 is 1.30 bits per heavy atom. The van der Waals surface area contributed by atoms with Crippen molar-refractivity contribution < 1.29 is 9.53 Å². The molecule has 1 atom stereocenters. The molecule has 0 saturated carbocycles. The SMILES string of the molecule is CC#CCCCN[C@H](CC)CCC/C=C(/C)C(=O)OC(C)(C)C. The molecule has 0 spiro atoms. The summed E-state index contributed by atoms with van der Waals surface area (Å²) in [6.07, 6.45) is 8.34. The van der Waals surface area contributed by atoms with E-state index >= 15 is 0 Å². The first-order valence-electron chi connectivity index (χ1n) is 8.83. The quantitative estimate of drug-likeness (QED) is 0.276. The first kappa shape index (κ1) is 21.7. The average molecular weight is 322 g/mol. The fraction of sp³-hybridized carbons (Fsp3) is 0.750. The van der Waals surface area contributed by atoms with Crippen molar-refractivity contribution in [1.82, 2.24) is 5.32 Å². The predicted molar refractivity (Wildman–Crippen MR) is 98.2 cm³/mol. The summed E-state index contributed by atoms with van der Waals surface area (Å²) < 4.78 is 5.35. The summed E-state index contributed by atoms with van der Waals surface area (Å²) in [6, 6.07) is 0.555. The molecule has 0 saturated heterocycles. The summed E-state index contributed by atoms with van der Waals surface area (Å²) in [7, 11) is 0. The van der Waals surface area contributed by atoms with Gasteiger partial charge in [0.25, 0.3) is 0 Å². The molecular weight excluding hydrogens is 286 g/mol. The molecule has 0 amide bonds. The van der Waals surface area contributed by atoms with E-state index in [-0.39, 0.29) is 5.97 Å². The van der Waals surface area contributed by atoms with Crippen LogP contribution in [0.3, 0.4) is 0 Å². The molecule has 0 aliphatic heterocycles. The molecule has 0 radical (unpaired) electrons. The minimum Gasteiger partial charge on any atom is -0.457 e. The molecule has 0 heterocycles. The molecule has 0 aliphatic rings. The van der Waals surface area contributed by atoms with Gasteiger partial charge in [-0.05, 0) is 73.3 Å². The lowest BCUT2D eigenvalue weighted by atomic mass is 10.1. The summed E-state index contributed by atoms with van der Waals surface area (Å²) >= 11 is 0. The molecule has 0 bridgehead atoms. The van der Waals surface area contributed by atoms with E-state index in [1.807, 2.05) is 40.7 Å². The molecule has 0 aromatic carbocycles. The molecule has 3 heteroatoms. The monoisotopic (exact) mass is 321 g/mol. The van der Waals surface area contributed by atoms with Crippen LogP contribution in [0.1, 0.15) is 80.1 Å². The highest BCUT2D eigenvalue weighted by Gasteiger charge is 2.17. The third kappa shape index (κ3) is 12.9. The van der Waals surface area contributed by atoms with Crippen molar-refractivity contribution >= 4 is 5.97 Å². The van der Waals surface area contributed by atoms with Gasteiger partial charge in [-0.1, -0.05) is 13.0 Å². The van der Waals surface area contributed by atoms with E-state index in [4.69, 9.17) is 4.74 Å². The van der Waals surface area contributed by atoms with Gasteiger partial charge < -0.3 is 10.1 Å². The maximum atomic E-state index is 11.9. The third-order valence-corrected chi connectivity index (χ3v) is 3.51. The summed E-state index contributed by atoms with van der Waals surface area (Å²) in [5.41, 5.74) is 0.282. The van der Waals surface area contributed by atoms with Crippen LogP contribution >= 0.6 is 0 Å². The molecule has 0 aromatic heterocycles. The van der Waals surface area contributed by atoms with E-state index < -0.39 is 5.60 Å². The zero-order valence-corrected chi connectivity index (χ0v) is 15.9. The van der Waals surface area contributed by atoms with Gasteiger partial charge in [-0.25, -0.2) is 4.79 Å². The fourth-order valence-electron chi connectivity index (χ4n) is 2.18. The Bertz CT molecular complexity index is 421. The first-order chi connectivity index (χ1) is 10.8. The number of carbonyl (C=O) groups is 1. The number of rotatable bonds is 10. The topological polar surface area (TPSA) is 38.3 Å². The molecule has 0 aliphatic carbocycles. The standard InChI is InChI=1S/C20H35NO2/c1-7-9-10-13-16-21-18(8-2)15-12-11-14-17(3)19(22)23-20(4,5)6/h14,18,21H,8,10-13,15-16H2,1-6H3/b17-14-/t18-/m1/s1. The van der Waals surface area contributed by atoms with Crippen LogP contribution in [0.2, 0.25) is 0 Å². The van der Waals surface area contributed by atoms with Crippen LogP contribution in [-0.2, 0) is 9.53 Å². The summed E-state index contributed by atoms with van der Waals surface area (Å²) in [5.74, 6) is 5.80. The maximum Gasteiger partial charge on any atom is 0.333 e. The summed E-state index contributed by atoms with van der Waals surface area (Å²) in [4.78, 5) is 11.9. The lowest BCUT2D eigenvalue weighted by molar-refractivity contribution is -0.149. The van der Waals surface area contributed by atoms with Gasteiger partial charge in [0, 0.05) is 18.0 Å². The highest BCUT2D eigenvalue weighted by Crippen LogP contribution is 2.12. The van der Waals surface area contributed by atoms with Crippen LogP contribution in [0.15, 0.2) is 11.6 Å². The molecule has 1 N–H and O–H groups in total. The van der Waals surface area contributed by atoms with E-state index in [1.165, 1.54) is 0 Å². The lowest BCUT2D eigenvalue weighted by Crippen LogP contribution is -2.29. The second-order valence-corrected chi connectivity index (χ2v) is 6.91. The Hall–Kier alpha value is -1.27. The third-order valence-electron chi connectivity index (χ3n) is 3.51. The highest BCUT2D eigenvalue weighted by atomic mass is 16.6. The number of carbonyl (C=O) groups excluding carboxylic acids is 1. The second kappa shape index (κ2) is 12.2. The molecule has 0 rings (SSSR count). The van der Waals surface area contributed by atoms with Gasteiger partial charge in [-0.15, -0.1) is 11.8 Å². The van der Waals surface area contributed by atoms with Gasteiger partial charge in [0.1, 0.15) is 5.60 Å². The number of ether oxygens (including phenoxy) is 1. The van der Waals surface area contributed by atoms with Crippen molar-refractivity contribution in [2.24, 2.45) is 0 Å². The molecule has 23 heavy (non-hydrogen) atoms. The average Bonchev–Trinajstić information content (AvgIpc) is 2.47. The summed E-state index contributed by atoms with van der Waals surface area (Å²) in [5, 5.41) is 3.59. The van der Waals surface area contributed by atoms with E-state index in [0.29, 0.717) is 11.6 Å².